The van der Waals surface area contributed by atoms with Gasteiger partial charge in [0.25, 0.3) is 0 Å². The van der Waals surface area contributed by atoms with Crippen LogP contribution in [-0.2, 0) is 0 Å². The fourth-order valence-electron chi connectivity index (χ4n) is 2.93. The first-order valence-corrected chi connectivity index (χ1v) is 6.22. The zero-order valence-corrected chi connectivity index (χ0v) is 10.2. The van der Waals surface area contributed by atoms with E-state index in [-0.39, 0.29) is 0 Å². The van der Waals surface area contributed by atoms with E-state index in [9.17, 15) is 0 Å². The molecule has 0 radical (unpaired) electrons. The average Bonchev–Trinajstić information content (AvgIpc) is 2.69. The monoisotopic (exact) mass is 216 g/mol. The SMILES string of the molecule is Cc1ccc(N2CC3(CCNC3)C2)cc1C. The summed E-state index contributed by atoms with van der Waals surface area (Å²) >= 11 is 0. The number of benzene rings is 1. The lowest BCUT2D eigenvalue weighted by molar-refractivity contribution is 0.243. The second-order valence-corrected chi connectivity index (χ2v) is 5.55. The van der Waals surface area contributed by atoms with Crippen molar-refractivity contribution in [1.29, 1.82) is 0 Å². The Balaban J connectivity index is 1.73. The van der Waals surface area contributed by atoms with Crippen LogP contribution in [0, 0.1) is 19.3 Å². The fraction of sp³-hybridized carbons (Fsp3) is 0.571. The Kier molecular flexibility index (Phi) is 2.21. The van der Waals surface area contributed by atoms with Crippen LogP contribution in [0.2, 0.25) is 0 Å². The largest absolute Gasteiger partial charge is 0.370 e. The van der Waals surface area contributed by atoms with Gasteiger partial charge in [0.15, 0.2) is 0 Å². The van der Waals surface area contributed by atoms with Gasteiger partial charge in [0, 0.05) is 30.7 Å². The third-order valence-corrected chi connectivity index (χ3v) is 4.24. The molecule has 0 saturated carbocycles. The first kappa shape index (κ1) is 10.2. The molecule has 1 N–H and O–H groups in total. The van der Waals surface area contributed by atoms with Gasteiger partial charge in [0.1, 0.15) is 0 Å². The fourth-order valence-corrected chi connectivity index (χ4v) is 2.93. The Morgan fingerprint density at radius 2 is 2.00 bits per heavy atom. The van der Waals surface area contributed by atoms with Gasteiger partial charge in [-0.15, -0.1) is 0 Å². The lowest BCUT2D eigenvalue weighted by atomic mass is 9.78. The molecule has 2 aliphatic rings. The highest BCUT2D eigenvalue weighted by molar-refractivity contribution is 5.53. The van der Waals surface area contributed by atoms with Crippen LogP contribution in [-0.4, -0.2) is 26.2 Å². The van der Waals surface area contributed by atoms with E-state index in [0.29, 0.717) is 5.41 Å². The number of aryl methyl sites for hydroxylation is 2. The van der Waals surface area contributed by atoms with Crippen molar-refractivity contribution in [2.75, 3.05) is 31.1 Å². The summed E-state index contributed by atoms with van der Waals surface area (Å²) in [5, 5.41) is 3.48. The molecule has 1 aromatic rings. The molecule has 3 rings (SSSR count). The third-order valence-electron chi connectivity index (χ3n) is 4.24. The molecule has 0 atom stereocenters. The maximum Gasteiger partial charge on any atom is 0.0369 e. The summed E-state index contributed by atoms with van der Waals surface area (Å²) in [6, 6.07) is 6.82. The van der Waals surface area contributed by atoms with E-state index < -0.39 is 0 Å². The molecule has 0 unspecified atom stereocenters. The van der Waals surface area contributed by atoms with Crippen molar-refractivity contribution in [3.05, 3.63) is 29.3 Å². The lowest BCUT2D eigenvalue weighted by Crippen LogP contribution is -2.57. The van der Waals surface area contributed by atoms with Crippen molar-refractivity contribution in [2.24, 2.45) is 5.41 Å². The molecule has 2 heteroatoms. The number of hydrogen-bond donors (Lipinski definition) is 1. The second kappa shape index (κ2) is 3.49. The molecule has 0 amide bonds. The molecule has 1 spiro atoms. The highest BCUT2D eigenvalue weighted by Gasteiger charge is 2.44. The molecule has 86 valence electrons. The molecule has 2 heterocycles. The Morgan fingerprint density at radius 1 is 1.19 bits per heavy atom. The van der Waals surface area contributed by atoms with Gasteiger partial charge >= 0.3 is 0 Å². The van der Waals surface area contributed by atoms with Gasteiger partial charge in [-0.05, 0) is 50.1 Å². The summed E-state index contributed by atoms with van der Waals surface area (Å²) in [6.07, 6.45) is 1.36. The number of anilines is 1. The van der Waals surface area contributed by atoms with Crippen LogP contribution in [0.4, 0.5) is 5.69 Å². The van der Waals surface area contributed by atoms with Crippen LogP contribution < -0.4 is 10.2 Å². The minimum atomic E-state index is 0.596. The van der Waals surface area contributed by atoms with Gasteiger partial charge in [-0.3, -0.25) is 0 Å². The highest BCUT2D eigenvalue weighted by atomic mass is 15.2. The van der Waals surface area contributed by atoms with Crippen LogP contribution in [0.15, 0.2) is 18.2 Å². The minimum Gasteiger partial charge on any atom is -0.370 e. The molecule has 0 aromatic heterocycles. The topological polar surface area (TPSA) is 15.3 Å². The Hall–Kier alpha value is -1.02. The van der Waals surface area contributed by atoms with Gasteiger partial charge in [0.2, 0.25) is 0 Å². The zero-order chi connectivity index (χ0) is 11.2. The smallest absolute Gasteiger partial charge is 0.0369 e. The van der Waals surface area contributed by atoms with E-state index >= 15 is 0 Å². The summed E-state index contributed by atoms with van der Waals surface area (Å²) < 4.78 is 0. The minimum absolute atomic E-state index is 0.596. The average molecular weight is 216 g/mol. The number of nitrogens with zero attached hydrogens (tertiary/aromatic N) is 1. The maximum atomic E-state index is 3.48. The quantitative estimate of drug-likeness (QED) is 0.773. The Labute approximate surface area is 97.6 Å². The summed E-state index contributed by atoms with van der Waals surface area (Å²) in [5.41, 5.74) is 4.80. The van der Waals surface area contributed by atoms with Crippen LogP contribution in [0.1, 0.15) is 17.5 Å². The third kappa shape index (κ3) is 1.52. The molecule has 2 aliphatic heterocycles. The van der Waals surface area contributed by atoms with E-state index in [4.69, 9.17) is 0 Å². The van der Waals surface area contributed by atoms with E-state index in [1.54, 1.807) is 0 Å². The molecule has 2 nitrogen and oxygen atoms in total. The van der Waals surface area contributed by atoms with Gasteiger partial charge < -0.3 is 10.2 Å². The van der Waals surface area contributed by atoms with Crippen molar-refractivity contribution in [2.45, 2.75) is 20.3 Å². The van der Waals surface area contributed by atoms with Crippen molar-refractivity contribution in [3.63, 3.8) is 0 Å². The summed E-state index contributed by atoms with van der Waals surface area (Å²) in [7, 11) is 0. The molecule has 1 aromatic carbocycles. The number of rotatable bonds is 1. The first-order valence-electron chi connectivity index (χ1n) is 6.22. The molecule has 0 bridgehead atoms. The predicted octanol–water partition coefficient (Wildman–Crippen LogP) is 2.10. The van der Waals surface area contributed by atoms with Gasteiger partial charge in [0.05, 0.1) is 0 Å². The second-order valence-electron chi connectivity index (χ2n) is 5.55. The predicted molar refractivity (Wildman–Crippen MR) is 68.0 cm³/mol. The molecule has 0 aliphatic carbocycles. The standard InChI is InChI=1S/C14H20N2/c1-11-3-4-13(7-12(11)2)16-9-14(10-16)5-6-15-8-14/h3-4,7,15H,5-6,8-10H2,1-2H3. The van der Waals surface area contributed by atoms with Gasteiger partial charge in [-0.1, -0.05) is 6.07 Å². The van der Waals surface area contributed by atoms with E-state index in [1.807, 2.05) is 0 Å². The lowest BCUT2D eigenvalue weighted by Gasteiger charge is -2.49. The molecule has 16 heavy (non-hydrogen) atoms. The summed E-state index contributed by atoms with van der Waals surface area (Å²) in [6.45, 7) is 9.28. The maximum absolute atomic E-state index is 3.48. The van der Waals surface area contributed by atoms with Crippen molar-refractivity contribution in [1.82, 2.24) is 5.32 Å². The Bertz CT molecular complexity index is 397. The van der Waals surface area contributed by atoms with Crippen molar-refractivity contribution in [3.8, 4) is 0 Å². The first-order chi connectivity index (χ1) is 7.69. The van der Waals surface area contributed by atoms with Gasteiger partial charge in [-0.25, -0.2) is 0 Å². The molecule has 2 saturated heterocycles. The zero-order valence-electron chi connectivity index (χ0n) is 10.2. The van der Waals surface area contributed by atoms with Crippen LogP contribution in [0.5, 0.6) is 0 Å². The van der Waals surface area contributed by atoms with Crippen LogP contribution in [0.25, 0.3) is 0 Å². The number of nitrogens with one attached hydrogen (secondary N) is 1. The molecular formula is C14H20N2. The van der Waals surface area contributed by atoms with Crippen molar-refractivity contribution >= 4 is 5.69 Å². The van der Waals surface area contributed by atoms with Crippen LogP contribution in [0.3, 0.4) is 0 Å². The normalized spacial score (nSPS) is 22.5. The van der Waals surface area contributed by atoms with Crippen molar-refractivity contribution < 1.29 is 0 Å². The number of hydrogen-bond acceptors (Lipinski definition) is 2. The molecular weight excluding hydrogens is 196 g/mol. The highest BCUT2D eigenvalue weighted by Crippen LogP contribution is 2.39. The Morgan fingerprint density at radius 3 is 2.62 bits per heavy atom. The van der Waals surface area contributed by atoms with E-state index in [0.717, 1.165) is 0 Å². The van der Waals surface area contributed by atoms with E-state index in [2.05, 4.69) is 42.3 Å². The van der Waals surface area contributed by atoms with Crippen LogP contribution >= 0.6 is 0 Å². The summed E-state index contributed by atoms with van der Waals surface area (Å²) in [5.74, 6) is 0. The van der Waals surface area contributed by atoms with E-state index in [1.165, 1.54) is 49.4 Å². The summed E-state index contributed by atoms with van der Waals surface area (Å²) in [4.78, 5) is 2.51. The van der Waals surface area contributed by atoms with Gasteiger partial charge in [-0.2, -0.15) is 0 Å². The molecule has 2 fully saturated rings.